The van der Waals surface area contributed by atoms with Crippen LogP contribution >= 0.6 is 0 Å². The molecule has 2 saturated heterocycles. The maximum absolute atomic E-state index is 12.9. The van der Waals surface area contributed by atoms with Crippen molar-refractivity contribution >= 4 is 5.91 Å². The van der Waals surface area contributed by atoms with Crippen LogP contribution in [0, 0.1) is 5.41 Å². The zero-order valence-electron chi connectivity index (χ0n) is 15.6. The van der Waals surface area contributed by atoms with E-state index in [2.05, 4.69) is 23.9 Å². The second-order valence-electron chi connectivity index (χ2n) is 7.83. The van der Waals surface area contributed by atoms with Gasteiger partial charge in [-0.15, -0.1) is 0 Å². The lowest BCUT2D eigenvalue weighted by Gasteiger charge is -2.43. The van der Waals surface area contributed by atoms with Crippen molar-refractivity contribution in [2.75, 3.05) is 66.6 Å². The monoisotopic (exact) mass is 345 g/mol. The Morgan fingerprint density at radius 2 is 2.00 bits per heavy atom. The largest absolute Gasteiger partial charge is 0.379 e. The van der Waals surface area contributed by atoms with Gasteiger partial charge in [0.05, 0.1) is 13.2 Å². The fourth-order valence-electron chi connectivity index (χ4n) is 4.01. The van der Waals surface area contributed by atoms with Crippen LogP contribution in [0.5, 0.6) is 0 Å². The molecule has 0 unspecified atom stereocenters. The number of carbonyl (C=O) groups excluding carboxylic acids is 1. The lowest BCUT2D eigenvalue weighted by Crippen LogP contribution is -2.52. The molecule has 2 fully saturated rings. The number of amides is 1. The molecule has 5 heteroatoms. The third-order valence-electron chi connectivity index (χ3n) is 5.35. The first-order chi connectivity index (χ1) is 12.1. The molecule has 0 N–H and O–H groups in total. The van der Waals surface area contributed by atoms with E-state index in [9.17, 15) is 4.79 Å². The molecule has 2 heterocycles. The molecule has 2 aliphatic rings. The summed E-state index contributed by atoms with van der Waals surface area (Å²) in [6.07, 6.45) is 2.20. The summed E-state index contributed by atoms with van der Waals surface area (Å²) in [5.41, 5.74) is 0.865. The Hall–Kier alpha value is -1.43. The average Bonchev–Trinajstić information content (AvgIpc) is 2.82. The number of ether oxygens (including phenoxy) is 1. The molecule has 1 spiro atoms. The van der Waals surface area contributed by atoms with Crippen LogP contribution in [0.3, 0.4) is 0 Å². The quantitative estimate of drug-likeness (QED) is 0.834. The number of piperidine rings is 1. The van der Waals surface area contributed by atoms with E-state index in [0.29, 0.717) is 0 Å². The number of likely N-dealkylation sites (tertiary alicyclic amines) is 1. The van der Waals surface area contributed by atoms with E-state index in [1.165, 1.54) is 0 Å². The van der Waals surface area contributed by atoms with Crippen LogP contribution in [-0.2, 0) is 4.74 Å². The Morgan fingerprint density at radius 3 is 2.76 bits per heavy atom. The van der Waals surface area contributed by atoms with Gasteiger partial charge < -0.3 is 14.5 Å². The molecule has 2 aliphatic heterocycles. The van der Waals surface area contributed by atoms with Crippen molar-refractivity contribution in [3.8, 4) is 0 Å². The predicted octanol–water partition coefficient (Wildman–Crippen LogP) is 1.80. The Bertz CT molecular complexity index is 563. The average molecular weight is 345 g/mol. The minimum Gasteiger partial charge on any atom is -0.379 e. The minimum atomic E-state index is 0.0749. The van der Waals surface area contributed by atoms with E-state index >= 15 is 0 Å². The Kier molecular flexibility index (Phi) is 6.10. The number of hydrogen-bond donors (Lipinski definition) is 0. The third kappa shape index (κ3) is 4.81. The first kappa shape index (κ1) is 18.4. The van der Waals surface area contributed by atoms with Crippen LogP contribution in [0.25, 0.3) is 0 Å². The first-order valence-electron chi connectivity index (χ1n) is 9.37. The van der Waals surface area contributed by atoms with Crippen LogP contribution < -0.4 is 0 Å². The number of carbonyl (C=O) groups is 1. The first-order valence-corrected chi connectivity index (χ1v) is 9.37. The molecule has 0 aromatic heterocycles. The number of rotatable bonds is 4. The van der Waals surface area contributed by atoms with Crippen LogP contribution in [-0.4, -0.2) is 87.2 Å². The summed E-state index contributed by atoms with van der Waals surface area (Å²) in [5, 5.41) is 0. The van der Waals surface area contributed by atoms with Crippen LogP contribution in [0.2, 0.25) is 0 Å². The Labute approximate surface area is 151 Å². The van der Waals surface area contributed by atoms with Gasteiger partial charge in [0.2, 0.25) is 0 Å². The van der Waals surface area contributed by atoms with Crippen molar-refractivity contribution in [3.63, 3.8) is 0 Å². The van der Waals surface area contributed by atoms with Gasteiger partial charge in [-0.05, 0) is 39.1 Å². The second-order valence-corrected chi connectivity index (χ2v) is 7.83. The van der Waals surface area contributed by atoms with E-state index in [1.807, 2.05) is 35.2 Å². The highest BCUT2D eigenvalue weighted by molar-refractivity contribution is 5.94. The molecule has 1 aromatic carbocycles. The molecular weight excluding hydrogens is 314 g/mol. The van der Waals surface area contributed by atoms with Crippen LogP contribution in [0.4, 0.5) is 0 Å². The lowest BCUT2D eigenvalue weighted by atomic mass is 9.80. The molecule has 138 valence electrons. The fraction of sp³-hybridized carbons (Fsp3) is 0.650. The number of hydrogen-bond acceptors (Lipinski definition) is 4. The topological polar surface area (TPSA) is 36.0 Å². The second kappa shape index (κ2) is 8.30. The summed E-state index contributed by atoms with van der Waals surface area (Å²) in [7, 11) is 4.23. The van der Waals surface area contributed by atoms with Crippen LogP contribution in [0.1, 0.15) is 23.2 Å². The highest BCUT2D eigenvalue weighted by Crippen LogP contribution is 2.33. The van der Waals surface area contributed by atoms with Gasteiger partial charge in [-0.3, -0.25) is 9.69 Å². The van der Waals surface area contributed by atoms with E-state index in [-0.39, 0.29) is 11.3 Å². The molecule has 0 saturated carbocycles. The van der Waals surface area contributed by atoms with Gasteiger partial charge in [-0.2, -0.15) is 0 Å². The van der Waals surface area contributed by atoms with Crippen molar-refractivity contribution in [2.24, 2.45) is 5.41 Å². The fourth-order valence-corrected chi connectivity index (χ4v) is 4.01. The van der Waals surface area contributed by atoms with E-state index in [0.717, 1.165) is 70.9 Å². The third-order valence-corrected chi connectivity index (χ3v) is 5.35. The molecule has 1 amide bonds. The summed E-state index contributed by atoms with van der Waals surface area (Å²) < 4.78 is 5.97. The minimum absolute atomic E-state index is 0.0749. The lowest BCUT2D eigenvalue weighted by molar-refractivity contribution is 0.00717. The molecule has 1 atom stereocenters. The maximum Gasteiger partial charge on any atom is 0.253 e. The molecule has 0 aliphatic carbocycles. The van der Waals surface area contributed by atoms with Crippen molar-refractivity contribution in [2.45, 2.75) is 12.8 Å². The number of likely N-dealkylation sites (N-methyl/N-ethyl adjacent to an activating group) is 1. The standard InChI is InChI=1S/C20H31N3O2/c1-21(2)11-12-22-13-14-25-17-20(15-22)9-6-10-23(16-20)19(24)18-7-4-3-5-8-18/h3-5,7-8H,6,9-17H2,1-2H3/t20-/m1/s1. The SMILES string of the molecule is CN(C)CCN1CCOC[C@]2(CCCN(C(=O)c3ccccc3)C2)C1. The van der Waals surface area contributed by atoms with Gasteiger partial charge in [0.1, 0.15) is 0 Å². The molecule has 5 nitrogen and oxygen atoms in total. The highest BCUT2D eigenvalue weighted by Gasteiger charge is 2.40. The number of nitrogens with zero attached hydrogens (tertiary/aromatic N) is 3. The highest BCUT2D eigenvalue weighted by atomic mass is 16.5. The van der Waals surface area contributed by atoms with Crippen molar-refractivity contribution in [3.05, 3.63) is 35.9 Å². The van der Waals surface area contributed by atoms with Gasteiger partial charge >= 0.3 is 0 Å². The van der Waals surface area contributed by atoms with E-state index in [4.69, 9.17) is 4.74 Å². The summed E-state index contributed by atoms with van der Waals surface area (Å²) >= 11 is 0. The van der Waals surface area contributed by atoms with Crippen molar-refractivity contribution < 1.29 is 9.53 Å². The van der Waals surface area contributed by atoms with E-state index in [1.54, 1.807) is 0 Å². The van der Waals surface area contributed by atoms with Crippen LogP contribution in [0.15, 0.2) is 30.3 Å². The van der Waals surface area contributed by atoms with Gasteiger partial charge in [-0.25, -0.2) is 0 Å². The molecular formula is C20H31N3O2. The molecule has 1 aromatic rings. The number of benzene rings is 1. The van der Waals surface area contributed by atoms with Gasteiger partial charge in [0.15, 0.2) is 0 Å². The summed E-state index contributed by atoms with van der Waals surface area (Å²) in [6.45, 7) is 7.35. The zero-order chi connectivity index (χ0) is 17.7. The van der Waals surface area contributed by atoms with Crippen molar-refractivity contribution in [1.82, 2.24) is 14.7 Å². The summed E-state index contributed by atoms with van der Waals surface area (Å²) in [5.74, 6) is 0.156. The van der Waals surface area contributed by atoms with Gasteiger partial charge in [-0.1, -0.05) is 18.2 Å². The molecule has 0 radical (unpaired) electrons. The van der Waals surface area contributed by atoms with Gasteiger partial charge in [0, 0.05) is 50.2 Å². The van der Waals surface area contributed by atoms with E-state index < -0.39 is 0 Å². The van der Waals surface area contributed by atoms with Crippen molar-refractivity contribution in [1.29, 1.82) is 0 Å². The maximum atomic E-state index is 12.9. The Morgan fingerprint density at radius 1 is 1.20 bits per heavy atom. The summed E-state index contributed by atoms with van der Waals surface area (Å²) in [4.78, 5) is 19.7. The molecule has 25 heavy (non-hydrogen) atoms. The molecule has 0 bridgehead atoms. The zero-order valence-corrected chi connectivity index (χ0v) is 15.6. The smallest absolute Gasteiger partial charge is 0.253 e. The Balaban J connectivity index is 1.68. The molecule has 3 rings (SSSR count). The van der Waals surface area contributed by atoms with Gasteiger partial charge in [0.25, 0.3) is 5.91 Å². The summed E-state index contributed by atoms with van der Waals surface area (Å²) in [6, 6.07) is 9.65. The predicted molar refractivity (Wildman–Crippen MR) is 99.8 cm³/mol. The normalized spacial score (nSPS) is 25.3.